The summed E-state index contributed by atoms with van der Waals surface area (Å²) in [7, 11) is 1.30. The van der Waals surface area contributed by atoms with Crippen molar-refractivity contribution in [1.82, 2.24) is 14.9 Å². The van der Waals surface area contributed by atoms with Gasteiger partial charge in [-0.2, -0.15) is 0 Å². The minimum atomic E-state index is -0.491. The van der Waals surface area contributed by atoms with Crippen molar-refractivity contribution in [3.05, 3.63) is 34.1 Å². The number of hydrogen-bond donors (Lipinski definition) is 1. The van der Waals surface area contributed by atoms with E-state index in [1.807, 2.05) is 0 Å². The number of benzene rings is 1. The number of amides is 1. The Hall–Kier alpha value is -2.39. The maximum atomic E-state index is 13.2. The molecule has 0 bridgehead atoms. The van der Waals surface area contributed by atoms with Crippen LogP contribution in [-0.2, 0) is 20.8 Å². The van der Waals surface area contributed by atoms with E-state index in [2.05, 4.69) is 10.3 Å². The third kappa shape index (κ3) is 4.62. The van der Waals surface area contributed by atoms with Gasteiger partial charge in [0.15, 0.2) is 5.16 Å². The van der Waals surface area contributed by atoms with Gasteiger partial charge in [0.25, 0.3) is 5.56 Å². The van der Waals surface area contributed by atoms with E-state index in [0.29, 0.717) is 34.8 Å². The van der Waals surface area contributed by atoms with Crippen molar-refractivity contribution in [3.63, 3.8) is 0 Å². The first-order valence-corrected chi connectivity index (χ1v) is 10.7. The van der Waals surface area contributed by atoms with Crippen molar-refractivity contribution in [2.45, 2.75) is 49.5 Å². The van der Waals surface area contributed by atoms with Gasteiger partial charge in [-0.15, -0.1) is 0 Å². The Bertz CT molecular complexity index is 996. The van der Waals surface area contributed by atoms with Crippen LogP contribution >= 0.6 is 11.8 Å². The molecule has 1 saturated carbocycles. The molecule has 0 spiro atoms. The van der Waals surface area contributed by atoms with Gasteiger partial charge in [-0.3, -0.25) is 14.2 Å². The van der Waals surface area contributed by atoms with E-state index in [4.69, 9.17) is 9.47 Å². The average Bonchev–Trinajstić information content (AvgIpc) is 3.38. The number of thioether (sulfide) groups is 1. The van der Waals surface area contributed by atoms with Gasteiger partial charge in [-0.25, -0.2) is 9.78 Å². The number of nitrogens with one attached hydrogen (secondary N) is 1. The van der Waals surface area contributed by atoms with Gasteiger partial charge >= 0.3 is 5.97 Å². The summed E-state index contributed by atoms with van der Waals surface area (Å²) >= 11 is 1.23. The van der Waals surface area contributed by atoms with Crippen LogP contribution in [0, 0.1) is 0 Å². The Morgan fingerprint density at radius 2 is 2.17 bits per heavy atom. The summed E-state index contributed by atoms with van der Waals surface area (Å²) in [6.45, 7) is 1.09. The fraction of sp³-hybridized carbons (Fsp3) is 0.500. The molecule has 1 aliphatic heterocycles. The molecule has 2 aliphatic rings. The molecule has 8 nitrogen and oxygen atoms in total. The molecular formula is C20H23N3O5S. The first kappa shape index (κ1) is 19.9. The van der Waals surface area contributed by atoms with Crippen molar-refractivity contribution >= 4 is 34.5 Å². The summed E-state index contributed by atoms with van der Waals surface area (Å²) in [5.41, 5.74) is 0.532. The van der Waals surface area contributed by atoms with Gasteiger partial charge in [0.1, 0.15) is 0 Å². The molecule has 0 radical (unpaired) electrons. The van der Waals surface area contributed by atoms with Gasteiger partial charge < -0.3 is 14.8 Å². The minimum Gasteiger partial charge on any atom is -0.465 e. The Kier molecular flexibility index (Phi) is 5.86. The third-order valence-electron chi connectivity index (χ3n) is 5.03. The summed E-state index contributed by atoms with van der Waals surface area (Å²) in [6, 6.07) is 4.98. The second-order valence-corrected chi connectivity index (χ2v) is 8.24. The Morgan fingerprint density at radius 3 is 2.86 bits per heavy atom. The third-order valence-corrected chi connectivity index (χ3v) is 6.00. The number of aromatic nitrogens is 2. The van der Waals surface area contributed by atoms with Crippen molar-refractivity contribution in [2.75, 3.05) is 19.5 Å². The van der Waals surface area contributed by atoms with Crippen LogP contribution in [0.3, 0.4) is 0 Å². The van der Waals surface area contributed by atoms with Crippen LogP contribution in [0.15, 0.2) is 28.2 Å². The van der Waals surface area contributed by atoms with E-state index in [0.717, 1.165) is 25.7 Å². The molecule has 2 heterocycles. The topological polar surface area (TPSA) is 99.5 Å². The summed E-state index contributed by atoms with van der Waals surface area (Å²) in [5, 5.41) is 3.81. The Balaban J connectivity index is 1.67. The maximum absolute atomic E-state index is 13.2. The Morgan fingerprint density at radius 1 is 1.34 bits per heavy atom. The number of nitrogens with zero attached hydrogens (tertiary/aromatic N) is 2. The van der Waals surface area contributed by atoms with E-state index < -0.39 is 5.97 Å². The molecule has 1 aromatic carbocycles. The highest BCUT2D eigenvalue weighted by atomic mass is 32.2. The smallest absolute Gasteiger partial charge is 0.337 e. The van der Waals surface area contributed by atoms with Crippen LogP contribution in [0.25, 0.3) is 10.9 Å². The molecule has 1 saturated heterocycles. The van der Waals surface area contributed by atoms with E-state index in [1.54, 1.807) is 22.8 Å². The van der Waals surface area contributed by atoms with Gasteiger partial charge in [-0.05, 0) is 43.9 Å². The van der Waals surface area contributed by atoms with E-state index in [9.17, 15) is 14.4 Å². The highest BCUT2D eigenvalue weighted by Gasteiger charge is 2.24. The lowest BCUT2D eigenvalue weighted by atomic mass is 10.1. The molecule has 1 N–H and O–H groups in total. The van der Waals surface area contributed by atoms with E-state index >= 15 is 0 Å². The first-order valence-electron chi connectivity index (χ1n) is 9.72. The molecule has 29 heavy (non-hydrogen) atoms. The molecule has 154 valence electrons. The number of rotatable bonds is 7. The molecule has 9 heteroatoms. The molecule has 1 amide bonds. The number of methoxy groups -OCH3 is 1. The summed E-state index contributed by atoms with van der Waals surface area (Å²) in [5.74, 6) is -0.384. The van der Waals surface area contributed by atoms with E-state index in [-0.39, 0.29) is 29.4 Å². The van der Waals surface area contributed by atoms with Crippen molar-refractivity contribution < 1.29 is 19.1 Å². The number of carbonyl (C=O) groups is 2. The fourth-order valence-corrected chi connectivity index (χ4v) is 4.16. The molecule has 0 unspecified atom stereocenters. The van der Waals surface area contributed by atoms with Gasteiger partial charge in [0.05, 0.1) is 42.0 Å². The summed E-state index contributed by atoms with van der Waals surface area (Å²) in [6.07, 6.45) is 3.85. The quantitative estimate of drug-likeness (QED) is 0.416. The zero-order valence-corrected chi connectivity index (χ0v) is 17.0. The summed E-state index contributed by atoms with van der Waals surface area (Å²) in [4.78, 5) is 41.7. The first-order chi connectivity index (χ1) is 14.0. The van der Waals surface area contributed by atoms with Crippen LogP contribution in [0.2, 0.25) is 0 Å². The predicted octanol–water partition coefficient (Wildman–Crippen LogP) is 1.73. The number of esters is 1. The number of hydrogen-bond acceptors (Lipinski definition) is 7. The highest BCUT2D eigenvalue weighted by Crippen LogP contribution is 2.23. The Labute approximate surface area is 172 Å². The zero-order valence-electron chi connectivity index (χ0n) is 16.2. The largest absolute Gasteiger partial charge is 0.465 e. The minimum absolute atomic E-state index is 0.0408. The molecule has 1 aromatic heterocycles. The van der Waals surface area contributed by atoms with Crippen LogP contribution in [0.5, 0.6) is 0 Å². The maximum Gasteiger partial charge on any atom is 0.337 e. The van der Waals surface area contributed by atoms with Crippen LogP contribution < -0.4 is 10.9 Å². The van der Waals surface area contributed by atoms with Crippen molar-refractivity contribution in [1.29, 1.82) is 0 Å². The molecule has 2 aromatic rings. The molecular weight excluding hydrogens is 394 g/mol. The standard InChI is InChI=1S/C20H23N3O5S/c1-27-19(26)12-4-7-15-16(9-12)22-20(29-11-17(24)21-13-5-6-13)23(18(15)25)10-14-3-2-8-28-14/h4,7,9,13-14H,2-3,5-6,8,10-11H2,1H3,(H,21,24)/t14-/m1/s1. The summed E-state index contributed by atoms with van der Waals surface area (Å²) < 4.78 is 12.0. The van der Waals surface area contributed by atoms with E-state index in [1.165, 1.54) is 18.9 Å². The average molecular weight is 417 g/mol. The number of fused-ring (bicyclic) bond motifs is 1. The van der Waals surface area contributed by atoms with Crippen LogP contribution in [0.4, 0.5) is 0 Å². The lowest BCUT2D eigenvalue weighted by molar-refractivity contribution is -0.118. The second kappa shape index (κ2) is 8.54. The SMILES string of the molecule is COC(=O)c1ccc2c(=O)n(C[C@H]3CCCO3)c(SCC(=O)NC3CC3)nc2c1. The molecule has 1 atom stereocenters. The number of carbonyl (C=O) groups excluding carboxylic acids is 2. The zero-order chi connectivity index (χ0) is 20.4. The number of ether oxygens (including phenoxy) is 2. The van der Waals surface area contributed by atoms with Crippen LogP contribution in [0.1, 0.15) is 36.0 Å². The lowest BCUT2D eigenvalue weighted by Crippen LogP contribution is -2.30. The van der Waals surface area contributed by atoms with Gasteiger partial charge in [0, 0.05) is 12.6 Å². The second-order valence-electron chi connectivity index (χ2n) is 7.30. The molecule has 4 rings (SSSR count). The van der Waals surface area contributed by atoms with Crippen LogP contribution in [-0.4, -0.2) is 53.0 Å². The monoisotopic (exact) mass is 417 g/mol. The van der Waals surface area contributed by atoms with Crippen molar-refractivity contribution in [3.8, 4) is 0 Å². The predicted molar refractivity (Wildman–Crippen MR) is 108 cm³/mol. The van der Waals surface area contributed by atoms with Crippen molar-refractivity contribution in [2.24, 2.45) is 0 Å². The molecule has 2 fully saturated rings. The van der Waals surface area contributed by atoms with Gasteiger partial charge in [0.2, 0.25) is 5.91 Å². The fourth-order valence-electron chi connectivity index (χ4n) is 3.34. The van der Waals surface area contributed by atoms with Gasteiger partial charge in [-0.1, -0.05) is 11.8 Å². The lowest BCUT2D eigenvalue weighted by Gasteiger charge is -2.16. The highest BCUT2D eigenvalue weighted by molar-refractivity contribution is 7.99. The molecule has 1 aliphatic carbocycles. The normalized spacial score (nSPS) is 18.7.